The summed E-state index contributed by atoms with van der Waals surface area (Å²) < 4.78 is 12.1. The number of nitrogens with zero attached hydrogens (tertiary/aromatic N) is 1. The van der Waals surface area contributed by atoms with Gasteiger partial charge >= 0.3 is 13.1 Å². The van der Waals surface area contributed by atoms with Crippen LogP contribution in [-0.2, 0) is 30.1 Å². The Hall–Kier alpha value is -2.43. The molecule has 0 unspecified atom stereocenters. The number of hydrogen-bond donors (Lipinski definition) is 3. The predicted molar refractivity (Wildman–Crippen MR) is 117 cm³/mol. The van der Waals surface area contributed by atoms with Crippen LogP contribution < -0.4 is 10.8 Å². The molecule has 9 nitrogen and oxygen atoms in total. The van der Waals surface area contributed by atoms with Crippen LogP contribution in [0.25, 0.3) is 0 Å². The first-order valence-electron chi connectivity index (χ1n) is 10.7. The average molecular weight is 446 g/mol. The lowest BCUT2D eigenvalue weighted by Gasteiger charge is -2.32. The van der Waals surface area contributed by atoms with E-state index in [1.54, 1.807) is 12.1 Å². The van der Waals surface area contributed by atoms with Crippen molar-refractivity contribution in [1.82, 2.24) is 10.2 Å². The van der Waals surface area contributed by atoms with Crippen LogP contribution >= 0.6 is 0 Å². The third kappa shape index (κ3) is 4.97. The minimum absolute atomic E-state index is 0.0611. The van der Waals surface area contributed by atoms with Crippen molar-refractivity contribution >= 4 is 30.4 Å². The summed E-state index contributed by atoms with van der Waals surface area (Å²) in [5.41, 5.74) is 0.612. The lowest BCUT2D eigenvalue weighted by molar-refractivity contribution is -0.143. The van der Waals surface area contributed by atoms with Crippen molar-refractivity contribution in [3.8, 4) is 0 Å². The zero-order chi connectivity index (χ0) is 23.8. The van der Waals surface area contributed by atoms with Crippen molar-refractivity contribution in [3.05, 3.63) is 29.8 Å². The highest BCUT2D eigenvalue weighted by Crippen LogP contribution is 2.36. The Labute approximate surface area is 188 Å². The largest absolute Gasteiger partial charge is 0.494 e. The SMILES string of the molecule is CC(=O)N1C[C@H](O)C[C@H]1C(=O)N[C@@H](Cc1ccc(B2OC(C)(C)C(C)(C)O2)cc1)C(=O)O. The number of carbonyl (C=O) groups excluding carboxylic acids is 2. The first kappa shape index (κ1) is 24.2. The molecular weight excluding hydrogens is 415 g/mol. The number of nitrogens with one attached hydrogen (secondary N) is 1. The van der Waals surface area contributed by atoms with E-state index in [-0.39, 0.29) is 25.3 Å². The minimum atomic E-state index is -1.18. The smallest absolute Gasteiger partial charge is 0.480 e. The van der Waals surface area contributed by atoms with E-state index in [0.29, 0.717) is 5.56 Å². The van der Waals surface area contributed by atoms with Crippen molar-refractivity contribution < 1.29 is 33.9 Å². The Morgan fingerprint density at radius 1 is 1.16 bits per heavy atom. The third-order valence-electron chi connectivity index (χ3n) is 6.55. The van der Waals surface area contributed by atoms with Gasteiger partial charge in [-0.05, 0) is 38.7 Å². The van der Waals surface area contributed by atoms with Crippen molar-refractivity contribution in [2.75, 3.05) is 6.54 Å². The minimum Gasteiger partial charge on any atom is -0.480 e. The molecule has 0 aliphatic carbocycles. The molecule has 2 fully saturated rings. The van der Waals surface area contributed by atoms with Gasteiger partial charge in [-0.15, -0.1) is 0 Å². The fourth-order valence-corrected chi connectivity index (χ4v) is 3.90. The van der Waals surface area contributed by atoms with Gasteiger partial charge in [-0.1, -0.05) is 24.3 Å². The number of likely N-dealkylation sites (tertiary alicyclic amines) is 1. The molecule has 32 heavy (non-hydrogen) atoms. The highest BCUT2D eigenvalue weighted by molar-refractivity contribution is 6.62. The third-order valence-corrected chi connectivity index (χ3v) is 6.55. The molecule has 0 spiro atoms. The number of benzene rings is 1. The van der Waals surface area contributed by atoms with E-state index in [4.69, 9.17) is 9.31 Å². The molecule has 3 N–H and O–H groups in total. The van der Waals surface area contributed by atoms with Crippen LogP contribution in [0.4, 0.5) is 0 Å². The summed E-state index contributed by atoms with van der Waals surface area (Å²) in [7, 11) is -0.518. The fraction of sp³-hybridized carbons (Fsp3) is 0.591. The second-order valence-electron chi connectivity index (χ2n) is 9.51. The summed E-state index contributed by atoms with van der Waals surface area (Å²) >= 11 is 0. The zero-order valence-corrected chi connectivity index (χ0v) is 19.1. The zero-order valence-electron chi connectivity index (χ0n) is 19.1. The molecule has 0 radical (unpaired) electrons. The highest BCUT2D eigenvalue weighted by atomic mass is 16.7. The van der Waals surface area contributed by atoms with Crippen molar-refractivity contribution in [2.24, 2.45) is 0 Å². The molecule has 3 rings (SSSR count). The van der Waals surface area contributed by atoms with E-state index in [9.17, 15) is 24.6 Å². The molecule has 2 amide bonds. The molecular formula is C22H31BN2O7. The van der Waals surface area contributed by atoms with Crippen LogP contribution in [-0.4, -0.2) is 75.9 Å². The number of carbonyl (C=O) groups is 3. The van der Waals surface area contributed by atoms with E-state index >= 15 is 0 Å². The van der Waals surface area contributed by atoms with Gasteiger partial charge in [0.15, 0.2) is 0 Å². The monoisotopic (exact) mass is 446 g/mol. The number of carboxylic acid groups (broad SMARTS) is 1. The van der Waals surface area contributed by atoms with Crippen LogP contribution in [0.3, 0.4) is 0 Å². The number of aliphatic carboxylic acids is 1. The van der Waals surface area contributed by atoms with Gasteiger partial charge in [-0.25, -0.2) is 4.79 Å². The van der Waals surface area contributed by atoms with E-state index in [2.05, 4.69) is 5.32 Å². The van der Waals surface area contributed by atoms with Crippen LogP contribution in [0, 0.1) is 0 Å². The maximum atomic E-state index is 12.6. The molecule has 2 heterocycles. The maximum absolute atomic E-state index is 12.6. The first-order valence-corrected chi connectivity index (χ1v) is 10.7. The lowest BCUT2D eigenvalue weighted by atomic mass is 9.78. The number of hydrogen-bond acceptors (Lipinski definition) is 6. The summed E-state index contributed by atoms with van der Waals surface area (Å²) in [4.78, 5) is 37.4. The van der Waals surface area contributed by atoms with Crippen LogP contribution in [0.2, 0.25) is 0 Å². The fourth-order valence-electron chi connectivity index (χ4n) is 3.90. The summed E-state index contributed by atoms with van der Waals surface area (Å²) in [6.45, 7) is 9.26. The van der Waals surface area contributed by atoms with Crippen LogP contribution in [0.5, 0.6) is 0 Å². The van der Waals surface area contributed by atoms with Crippen molar-refractivity contribution in [2.45, 2.75) is 76.9 Å². The van der Waals surface area contributed by atoms with Gasteiger partial charge < -0.3 is 29.7 Å². The summed E-state index contributed by atoms with van der Waals surface area (Å²) in [6.07, 6.45) is -0.652. The number of β-amino-alcohol motifs (C(OH)–C–C–N with tert-alkyl or cyclic N) is 1. The molecule has 3 atom stereocenters. The molecule has 0 aromatic heterocycles. The van der Waals surface area contributed by atoms with Crippen molar-refractivity contribution in [1.29, 1.82) is 0 Å². The molecule has 10 heteroatoms. The number of aliphatic hydroxyl groups excluding tert-OH is 1. The quantitative estimate of drug-likeness (QED) is 0.529. The van der Waals surface area contributed by atoms with E-state index in [1.165, 1.54) is 11.8 Å². The Morgan fingerprint density at radius 3 is 2.22 bits per heavy atom. The van der Waals surface area contributed by atoms with Gasteiger partial charge in [-0.2, -0.15) is 0 Å². The standard InChI is InChI=1S/C22H31BN2O7/c1-13(26)25-12-16(27)11-18(25)19(28)24-17(20(29)30)10-14-6-8-15(9-7-14)23-31-21(2,3)22(4,5)32-23/h6-9,16-18,27H,10-12H2,1-5H3,(H,24,28)(H,29,30)/t16-,17+,18+/m1/s1. The number of carboxylic acids is 1. The maximum Gasteiger partial charge on any atom is 0.494 e. The molecule has 2 saturated heterocycles. The summed E-state index contributed by atoms with van der Waals surface area (Å²) in [5, 5.41) is 21.9. The normalized spacial score (nSPS) is 24.9. The molecule has 2 aliphatic rings. The van der Waals surface area contributed by atoms with Gasteiger partial charge in [-0.3, -0.25) is 9.59 Å². The van der Waals surface area contributed by atoms with Gasteiger partial charge in [0, 0.05) is 26.3 Å². The lowest BCUT2D eigenvalue weighted by Crippen LogP contribution is -2.51. The first-order chi connectivity index (χ1) is 14.8. The Balaban J connectivity index is 1.66. The van der Waals surface area contributed by atoms with Gasteiger partial charge in [0.1, 0.15) is 12.1 Å². The highest BCUT2D eigenvalue weighted by Gasteiger charge is 2.51. The Bertz CT molecular complexity index is 871. The summed E-state index contributed by atoms with van der Waals surface area (Å²) in [5.74, 6) is -2.11. The second kappa shape index (κ2) is 8.84. The second-order valence-corrected chi connectivity index (χ2v) is 9.51. The van der Waals surface area contributed by atoms with E-state index in [1.807, 2.05) is 39.8 Å². The van der Waals surface area contributed by atoms with Crippen LogP contribution in [0.15, 0.2) is 24.3 Å². The molecule has 1 aromatic carbocycles. The number of amides is 2. The van der Waals surface area contributed by atoms with Gasteiger partial charge in [0.2, 0.25) is 11.8 Å². The van der Waals surface area contributed by atoms with Gasteiger partial charge in [0.25, 0.3) is 0 Å². The van der Waals surface area contributed by atoms with Crippen LogP contribution in [0.1, 0.15) is 46.6 Å². The topological polar surface area (TPSA) is 125 Å². The molecule has 1 aromatic rings. The Morgan fingerprint density at radius 2 is 1.72 bits per heavy atom. The average Bonchev–Trinajstić information content (AvgIpc) is 3.18. The molecule has 0 bridgehead atoms. The van der Waals surface area contributed by atoms with E-state index in [0.717, 1.165) is 5.46 Å². The molecule has 2 aliphatic heterocycles. The van der Waals surface area contributed by atoms with E-state index < -0.39 is 48.4 Å². The van der Waals surface area contributed by atoms with Gasteiger partial charge in [0.05, 0.1) is 17.3 Å². The predicted octanol–water partition coefficient (Wildman–Crippen LogP) is 0.0794. The summed E-state index contributed by atoms with van der Waals surface area (Å²) in [6, 6.07) is 5.16. The van der Waals surface area contributed by atoms with Crippen molar-refractivity contribution in [3.63, 3.8) is 0 Å². The molecule has 174 valence electrons. The Kier molecular flexibility index (Phi) is 6.69. The number of aliphatic hydroxyl groups is 1. The molecule has 0 saturated carbocycles. The number of rotatable bonds is 6.